The third-order valence-corrected chi connectivity index (χ3v) is 5.15. The molecule has 2 heterocycles. The minimum Gasteiger partial charge on any atom is -0.364 e. The fourth-order valence-corrected chi connectivity index (χ4v) is 3.62. The Bertz CT molecular complexity index is 776. The molecule has 1 aromatic heterocycles. The molecule has 110 valence electrons. The number of fused-ring (bicyclic) bond motifs is 1. The Morgan fingerprint density at radius 1 is 1.29 bits per heavy atom. The van der Waals surface area contributed by atoms with Crippen LogP contribution in [0, 0.1) is 0 Å². The van der Waals surface area contributed by atoms with Crippen LogP contribution in [0.25, 0.3) is 0 Å². The topological polar surface area (TPSA) is 38.1 Å². The Morgan fingerprint density at radius 3 is 2.81 bits per heavy atom. The van der Waals surface area contributed by atoms with Gasteiger partial charge in [0.1, 0.15) is 5.02 Å². The lowest BCUT2D eigenvalue weighted by atomic mass is 9.99. The molecular formula is C14H12BrCl2N3O. The van der Waals surface area contributed by atoms with Crippen LogP contribution in [0.3, 0.4) is 0 Å². The molecule has 0 bridgehead atoms. The van der Waals surface area contributed by atoms with Crippen molar-refractivity contribution in [3.63, 3.8) is 0 Å². The van der Waals surface area contributed by atoms with Crippen molar-refractivity contribution in [2.75, 3.05) is 11.4 Å². The lowest BCUT2D eigenvalue weighted by molar-refractivity contribution is 0.685. The molecule has 0 saturated carbocycles. The molecule has 1 aromatic carbocycles. The van der Waals surface area contributed by atoms with E-state index in [4.69, 9.17) is 23.2 Å². The minimum atomic E-state index is -0.291. The monoisotopic (exact) mass is 387 g/mol. The molecular weight excluding hydrogens is 377 g/mol. The van der Waals surface area contributed by atoms with Gasteiger partial charge in [-0.3, -0.25) is 4.79 Å². The first-order chi connectivity index (χ1) is 9.99. The van der Waals surface area contributed by atoms with E-state index in [0.29, 0.717) is 12.2 Å². The van der Waals surface area contributed by atoms with E-state index in [0.717, 1.165) is 28.0 Å². The van der Waals surface area contributed by atoms with Crippen molar-refractivity contribution in [1.82, 2.24) is 9.78 Å². The summed E-state index contributed by atoms with van der Waals surface area (Å²) in [7, 11) is 1.58. The van der Waals surface area contributed by atoms with Gasteiger partial charge in [-0.25, -0.2) is 4.68 Å². The van der Waals surface area contributed by atoms with Gasteiger partial charge in [0.2, 0.25) is 0 Å². The minimum absolute atomic E-state index is 0.196. The summed E-state index contributed by atoms with van der Waals surface area (Å²) in [6.07, 6.45) is 2.46. The number of aryl methyl sites for hydroxylation is 1. The lowest BCUT2D eigenvalue weighted by Gasteiger charge is -2.32. The van der Waals surface area contributed by atoms with Gasteiger partial charge in [-0.1, -0.05) is 39.1 Å². The molecule has 2 aromatic rings. The van der Waals surface area contributed by atoms with Crippen LogP contribution >= 0.6 is 39.1 Å². The molecule has 0 unspecified atom stereocenters. The fraction of sp³-hybridized carbons (Fsp3) is 0.286. The number of hydrogen-bond donors (Lipinski definition) is 0. The summed E-state index contributed by atoms with van der Waals surface area (Å²) < 4.78 is 2.29. The van der Waals surface area contributed by atoms with E-state index in [9.17, 15) is 4.79 Å². The summed E-state index contributed by atoms with van der Waals surface area (Å²) in [5, 5.41) is 4.97. The van der Waals surface area contributed by atoms with Crippen molar-refractivity contribution in [2.24, 2.45) is 7.05 Å². The summed E-state index contributed by atoms with van der Waals surface area (Å²) in [6, 6.07) is 3.83. The number of rotatable bonds is 1. The number of hydrogen-bond acceptors (Lipinski definition) is 3. The van der Waals surface area contributed by atoms with Crippen LogP contribution in [0.2, 0.25) is 10.0 Å². The highest BCUT2D eigenvalue weighted by atomic mass is 79.9. The average Bonchev–Trinajstić information content (AvgIpc) is 2.49. The first-order valence-electron chi connectivity index (χ1n) is 6.41. The Morgan fingerprint density at radius 2 is 2.05 bits per heavy atom. The highest BCUT2D eigenvalue weighted by Gasteiger charge is 2.23. The third kappa shape index (κ3) is 2.58. The largest absolute Gasteiger partial charge is 0.364 e. The van der Waals surface area contributed by atoms with E-state index >= 15 is 0 Å². The third-order valence-electron chi connectivity index (χ3n) is 3.70. The molecule has 0 spiro atoms. The second-order valence-corrected chi connectivity index (χ2v) is 6.57. The van der Waals surface area contributed by atoms with Crippen molar-refractivity contribution < 1.29 is 0 Å². The quantitative estimate of drug-likeness (QED) is 0.751. The number of benzene rings is 1. The van der Waals surface area contributed by atoms with Gasteiger partial charge >= 0.3 is 0 Å². The van der Waals surface area contributed by atoms with Gasteiger partial charge in [0, 0.05) is 29.6 Å². The Hall–Kier alpha value is -1.04. The highest BCUT2D eigenvalue weighted by molar-refractivity contribution is 9.10. The Kier molecular flexibility index (Phi) is 3.99. The number of anilines is 1. The molecule has 0 radical (unpaired) electrons. The maximum Gasteiger partial charge on any atom is 0.287 e. The Labute approximate surface area is 140 Å². The molecule has 0 N–H and O–H groups in total. The zero-order valence-corrected chi connectivity index (χ0v) is 14.3. The molecule has 7 heteroatoms. The number of halogens is 3. The smallest absolute Gasteiger partial charge is 0.287 e. The number of nitrogens with zero attached hydrogens (tertiary/aromatic N) is 3. The molecule has 1 aliphatic heterocycles. The van der Waals surface area contributed by atoms with E-state index in [1.807, 2.05) is 17.0 Å². The average molecular weight is 389 g/mol. The predicted octanol–water partition coefficient (Wildman–Crippen LogP) is 3.41. The van der Waals surface area contributed by atoms with E-state index < -0.39 is 0 Å². The summed E-state index contributed by atoms with van der Waals surface area (Å²) >= 11 is 16.0. The standard InChI is InChI=1S/C14H12BrCl2N3O/c1-19-14(21)13(17)12(6-18-19)20-5-4-8-9(7-20)11(16)3-2-10(8)15/h2-3,6H,4-5,7H2,1H3. The first-order valence-corrected chi connectivity index (χ1v) is 7.96. The molecule has 0 saturated heterocycles. The summed E-state index contributed by atoms with van der Waals surface area (Å²) in [4.78, 5) is 13.9. The summed E-state index contributed by atoms with van der Waals surface area (Å²) in [5.74, 6) is 0. The maximum absolute atomic E-state index is 11.9. The molecule has 0 aliphatic carbocycles. The normalized spacial score (nSPS) is 14.2. The predicted molar refractivity (Wildman–Crippen MR) is 88.4 cm³/mol. The van der Waals surface area contributed by atoms with Gasteiger partial charge in [-0.2, -0.15) is 5.10 Å². The van der Waals surface area contributed by atoms with Crippen molar-refractivity contribution in [2.45, 2.75) is 13.0 Å². The van der Waals surface area contributed by atoms with Crippen molar-refractivity contribution in [3.8, 4) is 0 Å². The van der Waals surface area contributed by atoms with E-state index in [1.54, 1.807) is 13.2 Å². The summed E-state index contributed by atoms with van der Waals surface area (Å²) in [5.41, 5.74) is 2.64. The van der Waals surface area contributed by atoms with E-state index in [-0.39, 0.29) is 10.6 Å². The molecule has 0 atom stereocenters. The van der Waals surface area contributed by atoms with E-state index in [1.165, 1.54) is 10.2 Å². The fourth-order valence-electron chi connectivity index (χ4n) is 2.52. The summed E-state index contributed by atoms with van der Waals surface area (Å²) in [6.45, 7) is 1.38. The molecule has 0 fully saturated rings. The van der Waals surface area contributed by atoms with Gasteiger partial charge in [0.25, 0.3) is 5.56 Å². The molecule has 3 rings (SSSR count). The van der Waals surface area contributed by atoms with Gasteiger partial charge in [0.05, 0.1) is 11.9 Å². The van der Waals surface area contributed by atoms with Crippen LogP contribution in [0.4, 0.5) is 5.69 Å². The van der Waals surface area contributed by atoms with Crippen LogP contribution in [0.1, 0.15) is 11.1 Å². The van der Waals surface area contributed by atoms with Gasteiger partial charge in [-0.05, 0) is 29.7 Å². The van der Waals surface area contributed by atoms with Gasteiger partial charge < -0.3 is 4.90 Å². The van der Waals surface area contributed by atoms with Crippen molar-refractivity contribution in [1.29, 1.82) is 0 Å². The Balaban J connectivity index is 2.03. The van der Waals surface area contributed by atoms with E-state index in [2.05, 4.69) is 21.0 Å². The highest BCUT2D eigenvalue weighted by Crippen LogP contribution is 2.34. The lowest BCUT2D eigenvalue weighted by Crippen LogP contribution is -2.33. The molecule has 21 heavy (non-hydrogen) atoms. The maximum atomic E-state index is 11.9. The van der Waals surface area contributed by atoms with Crippen LogP contribution in [-0.2, 0) is 20.0 Å². The zero-order chi connectivity index (χ0) is 15.1. The van der Waals surface area contributed by atoms with Crippen LogP contribution < -0.4 is 10.5 Å². The van der Waals surface area contributed by atoms with Crippen LogP contribution in [0.15, 0.2) is 27.6 Å². The van der Waals surface area contributed by atoms with Crippen molar-refractivity contribution >= 4 is 44.8 Å². The van der Waals surface area contributed by atoms with Crippen molar-refractivity contribution in [3.05, 3.63) is 54.3 Å². The van der Waals surface area contributed by atoms with Gasteiger partial charge in [0.15, 0.2) is 0 Å². The first kappa shape index (κ1) is 14.9. The zero-order valence-electron chi connectivity index (χ0n) is 11.2. The van der Waals surface area contributed by atoms with Crippen LogP contribution in [0.5, 0.6) is 0 Å². The second-order valence-electron chi connectivity index (χ2n) is 4.93. The SMILES string of the molecule is Cn1ncc(N2CCc3c(Br)ccc(Cl)c3C2)c(Cl)c1=O. The number of aromatic nitrogens is 2. The molecule has 1 aliphatic rings. The molecule has 0 amide bonds. The second kappa shape index (κ2) is 5.63. The molecule has 4 nitrogen and oxygen atoms in total. The van der Waals surface area contributed by atoms with Crippen LogP contribution in [-0.4, -0.2) is 16.3 Å². The van der Waals surface area contributed by atoms with Gasteiger partial charge in [-0.15, -0.1) is 0 Å².